The molecule has 3 heterocycles. The Morgan fingerprint density at radius 2 is 2.27 bits per heavy atom. The summed E-state index contributed by atoms with van der Waals surface area (Å²) < 4.78 is 7.53. The molecule has 1 amide bonds. The molecule has 1 atom stereocenters. The SMILES string of the molecule is N#CC1=CNC(OCCN2CCCC2=O)=NC1n1cnc2ccccc21. The molecule has 132 valence electrons. The Balaban J connectivity index is 1.50. The van der Waals surface area contributed by atoms with E-state index in [0.717, 1.165) is 24.0 Å². The number of amidine groups is 1. The van der Waals surface area contributed by atoms with Gasteiger partial charge < -0.3 is 19.5 Å². The molecule has 0 bridgehead atoms. The molecule has 1 aromatic carbocycles. The first kappa shape index (κ1) is 16.1. The number of hydrogen-bond donors (Lipinski definition) is 1. The molecule has 0 saturated carbocycles. The van der Waals surface area contributed by atoms with E-state index in [1.807, 2.05) is 28.8 Å². The van der Waals surface area contributed by atoms with Gasteiger partial charge in [-0.15, -0.1) is 0 Å². The van der Waals surface area contributed by atoms with E-state index in [-0.39, 0.29) is 5.91 Å². The van der Waals surface area contributed by atoms with Crippen LogP contribution in [0, 0.1) is 11.3 Å². The number of benzene rings is 1. The molecule has 2 aliphatic rings. The summed E-state index contributed by atoms with van der Waals surface area (Å²) in [4.78, 5) is 22.3. The van der Waals surface area contributed by atoms with Gasteiger partial charge in [-0.3, -0.25) is 4.79 Å². The Morgan fingerprint density at radius 1 is 1.38 bits per heavy atom. The lowest BCUT2D eigenvalue weighted by molar-refractivity contribution is -0.128. The van der Waals surface area contributed by atoms with Gasteiger partial charge in [-0.25, -0.2) is 9.98 Å². The van der Waals surface area contributed by atoms with Crippen molar-refractivity contribution in [2.75, 3.05) is 19.7 Å². The minimum atomic E-state index is -0.530. The van der Waals surface area contributed by atoms with E-state index < -0.39 is 6.17 Å². The number of ether oxygens (including phenoxy) is 1. The van der Waals surface area contributed by atoms with Crippen LogP contribution in [0.2, 0.25) is 0 Å². The molecule has 0 radical (unpaired) electrons. The number of carbonyl (C=O) groups excluding carboxylic acids is 1. The molecule has 8 heteroatoms. The van der Waals surface area contributed by atoms with Crippen molar-refractivity contribution in [3.05, 3.63) is 42.4 Å². The van der Waals surface area contributed by atoms with Crippen molar-refractivity contribution in [3.63, 3.8) is 0 Å². The van der Waals surface area contributed by atoms with E-state index in [2.05, 4.69) is 21.4 Å². The number of para-hydroxylation sites is 2. The number of likely N-dealkylation sites (tertiary alicyclic amines) is 1. The van der Waals surface area contributed by atoms with Crippen LogP contribution in [-0.2, 0) is 9.53 Å². The first-order valence-corrected chi connectivity index (χ1v) is 8.53. The van der Waals surface area contributed by atoms with Crippen molar-refractivity contribution in [2.45, 2.75) is 19.0 Å². The third kappa shape index (κ3) is 2.99. The Morgan fingerprint density at radius 3 is 3.08 bits per heavy atom. The van der Waals surface area contributed by atoms with Gasteiger partial charge >= 0.3 is 0 Å². The minimum absolute atomic E-state index is 0.168. The number of nitrogens with zero attached hydrogens (tertiary/aromatic N) is 5. The fourth-order valence-corrected chi connectivity index (χ4v) is 3.18. The zero-order chi connectivity index (χ0) is 17.9. The van der Waals surface area contributed by atoms with Gasteiger partial charge in [0.05, 0.1) is 29.5 Å². The zero-order valence-corrected chi connectivity index (χ0v) is 14.1. The quantitative estimate of drug-likeness (QED) is 0.902. The van der Waals surface area contributed by atoms with Gasteiger partial charge in [0, 0.05) is 19.2 Å². The summed E-state index contributed by atoms with van der Waals surface area (Å²) in [6.07, 6.45) is 4.27. The normalized spacial score (nSPS) is 19.7. The van der Waals surface area contributed by atoms with Crippen LogP contribution in [0.1, 0.15) is 19.0 Å². The highest BCUT2D eigenvalue weighted by atomic mass is 16.5. The monoisotopic (exact) mass is 350 g/mol. The van der Waals surface area contributed by atoms with Crippen molar-refractivity contribution >= 4 is 23.0 Å². The Labute approximate surface area is 150 Å². The molecule has 8 nitrogen and oxygen atoms in total. The lowest BCUT2D eigenvalue weighted by Gasteiger charge is -2.22. The van der Waals surface area contributed by atoms with Crippen molar-refractivity contribution in [1.29, 1.82) is 5.26 Å². The highest BCUT2D eigenvalue weighted by Gasteiger charge is 2.24. The van der Waals surface area contributed by atoms with Crippen LogP contribution in [-0.4, -0.2) is 46.1 Å². The maximum atomic E-state index is 11.6. The number of hydrogen-bond acceptors (Lipinski definition) is 6. The Kier molecular flexibility index (Phi) is 4.27. The van der Waals surface area contributed by atoms with Crippen molar-refractivity contribution in [1.82, 2.24) is 19.8 Å². The first-order valence-electron chi connectivity index (χ1n) is 8.53. The highest BCUT2D eigenvalue weighted by molar-refractivity contribution is 5.79. The average molecular weight is 350 g/mol. The Bertz CT molecular complexity index is 939. The zero-order valence-electron chi connectivity index (χ0n) is 14.1. The van der Waals surface area contributed by atoms with Gasteiger partial charge in [0.1, 0.15) is 12.7 Å². The molecular weight excluding hydrogens is 332 g/mol. The lowest BCUT2D eigenvalue weighted by atomic mass is 10.2. The van der Waals surface area contributed by atoms with Gasteiger partial charge in [0.15, 0.2) is 6.17 Å². The maximum absolute atomic E-state index is 11.6. The van der Waals surface area contributed by atoms with E-state index in [0.29, 0.717) is 31.2 Å². The molecule has 4 rings (SSSR count). The smallest absolute Gasteiger partial charge is 0.291 e. The fourth-order valence-electron chi connectivity index (χ4n) is 3.18. The van der Waals surface area contributed by atoms with Crippen LogP contribution in [0.15, 0.2) is 47.4 Å². The molecule has 0 spiro atoms. The number of nitrogens with one attached hydrogen (secondary N) is 1. The van der Waals surface area contributed by atoms with E-state index in [1.54, 1.807) is 17.4 Å². The number of rotatable bonds is 4. The molecule has 2 aromatic rings. The van der Waals surface area contributed by atoms with Crippen molar-refractivity contribution in [2.24, 2.45) is 4.99 Å². The Hall–Kier alpha value is -3.34. The van der Waals surface area contributed by atoms with E-state index in [1.165, 1.54) is 0 Å². The predicted octanol–water partition coefficient (Wildman–Crippen LogP) is 1.54. The highest BCUT2D eigenvalue weighted by Crippen LogP contribution is 2.26. The van der Waals surface area contributed by atoms with Gasteiger partial charge in [0.25, 0.3) is 6.02 Å². The molecule has 1 N–H and O–H groups in total. The predicted molar refractivity (Wildman–Crippen MR) is 94.8 cm³/mol. The molecule has 1 saturated heterocycles. The molecule has 26 heavy (non-hydrogen) atoms. The van der Waals surface area contributed by atoms with Crippen LogP contribution in [0.25, 0.3) is 11.0 Å². The topological polar surface area (TPSA) is 95.5 Å². The van der Waals surface area contributed by atoms with Gasteiger partial charge in [0.2, 0.25) is 5.91 Å². The fraction of sp³-hybridized carbons (Fsp3) is 0.333. The number of nitriles is 1. The van der Waals surface area contributed by atoms with Crippen LogP contribution < -0.4 is 5.32 Å². The molecule has 2 aliphatic heterocycles. The third-order valence-corrected chi connectivity index (χ3v) is 4.51. The molecule has 0 aliphatic carbocycles. The largest absolute Gasteiger partial charge is 0.463 e. The van der Waals surface area contributed by atoms with E-state index in [9.17, 15) is 10.1 Å². The number of aliphatic imine (C=N–C) groups is 1. The minimum Gasteiger partial charge on any atom is -0.463 e. The van der Waals surface area contributed by atoms with Crippen LogP contribution in [0.4, 0.5) is 0 Å². The van der Waals surface area contributed by atoms with Gasteiger partial charge in [-0.1, -0.05) is 12.1 Å². The van der Waals surface area contributed by atoms with E-state index in [4.69, 9.17) is 4.74 Å². The summed E-state index contributed by atoms with van der Waals surface area (Å²) in [5, 5.41) is 12.3. The lowest BCUT2D eigenvalue weighted by Crippen LogP contribution is -2.33. The van der Waals surface area contributed by atoms with Gasteiger partial charge in [-0.05, 0) is 18.6 Å². The van der Waals surface area contributed by atoms with Crippen LogP contribution in [0.5, 0.6) is 0 Å². The summed E-state index contributed by atoms with van der Waals surface area (Å²) >= 11 is 0. The second-order valence-electron chi connectivity index (χ2n) is 6.14. The summed E-state index contributed by atoms with van der Waals surface area (Å²) in [7, 11) is 0. The standard InChI is InChI=1S/C18H18N6O2/c19-10-13-11-20-18(26-9-8-23-7-3-6-16(23)25)22-17(13)24-12-21-14-4-1-2-5-15(14)24/h1-2,4-5,11-12,17H,3,6-9H2,(H,20,22). The summed E-state index contributed by atoms with van der Waals surface area (Å²) in [5.41, 5.74) is 2.20. The average Bonchev–Trinajstić information content (AvgIpc) is 3.28. The number of fused-ring (bicyclic) bond motifs is 1. The summed E-state index contributed by atoms with van der Waals surface area (Å²) in [6, 6.07) is 10.2. The van der Waals surface area contributed by atoms with Gasteiger partial charge in [-0.2, -0.15) is 5.26 Å². The van der Waals surface area contributed by atoms with Crippen molar-refractivity contribution in [3.8, 4) is 6.07 Å². The van der Waals surface area contributed by atoms with Crippen molar-refractivity contribution < 1.29 is 9.53 Å². The molecule has 1 unspecified atom stereocenters. The van der Waals surface area contributed by atoms with Crippen LogP contribution in [0.3, 0.4) is 0 Å². The number of aromatic nitrogens is 2. The third-order valence-electron chi connectivity index (χ3n) is 4.51. The number of carbonyl (C=O) groups is 1. The summed E-state index contributed by atoms with van der Waals surface area (Å²) in [6.45, 7) is 1.67. The summed E-state index contributed by atoms with van der Waals surface area (Å²) in [5.74, 6) is 0.168. The number of amides is 1. The first-order chi connectivity index (χ1) is 12.8. The second-order valence-corrected chi connectivity index (χ2v) is 6.14. The molecule has 1 fully saturated rings. The molecular formula is C18H18N6O2. The molecule has 1 aromatic heterocycles. The van der Waals surface area contributed by atoms with Crippen LogP contribution >= 0.6 is 0 Å². The van der Waals surface area contributed by atoms with E-state index >= 15 is 0 Å². The number of imidazole rings is 1. The maximum Gasteiger partial charge on any atom is 0.291 e. The second kappa shape index (κ2) is 6.88.